The number of benzene rings is 1. The highest BCUT2D eigenvalue weighted by atomic mass is 16.1. The average Bonchev–Trinajstić information content (AvgIpc) is 2.71. The summed E-state index contributed by atoms with van der Waals surface area (Å²) in [6.07, 6.45) is 5.83. The molecule has 1 aromatic carbocycles. The average molecular weight is 228 g/mol. The van der Waals surface area contributed by atoms with Crippen LogP contribution in [0.4, 0.5) is 0 Å². The lowest BCUT2D eigenvalue weighted by Crippen LogP contribution is -2.16. The van der Waals surface area contributed by atoms with Crippen molar-refractivity contribution < 1.29 is 4.79 Å². The van der Waals surface area contributed by atoms with Crippen molar-refractivity contribution in [2.45, 2.75) is 31.6 Å². The number of carbonyl (C=O) groups excluding carboxylic acids is 1. The maximum Gasteiger partial charge on any atom is 0.140 e. The molecule has 3 heteroatoms. The molecule has 0 radical (unpaired) electrons. The van der Waals surface area contributed by atoms with Crippen LogP contribution in [0.15, 0.2) is 24.4 Å². The molecule has 3 rings (SSSR count). The highest BCUT2D eigenvalue weighted by Crippen LogP contribution is 2.31. The SMILES string of the molecule is Cn1ncc2ccc(C3CCCCC3=O)cc21. The van der Waals surface area contributed by atoms with E-state index in [9.17, 15) is 4.79 Å². The third-order valence-corrected chi connectivity index (χ3v) is 3.73. The summed E-state index contributed by atoms with van der Waals surface area (Å²) in [5.41, 5.74) is 2.27. The van der Waals surface area contributed by atoms with Gasteiger partial charge in [-0.3, -0.25) is 9.48 Å². The van der Waals surface area contributed by atoms with Crippen LogP contribution in [-0.2, 0) is 11.8 Å². The highest BCUT2D eigenvalue weighted by Gasteiger charge is 2.24. The van der Waals surface area contributed by atoms with Gasteiger partial charge in [-0.05, 0) is 24.5 Å². The minimum absolute atomic E-state index is 0.114. The van der Waals surface area contributed by atoms with Crippen LogP contribution in [0.1, 0.15) is 37.2 Å². The minimum Gasteiger partial charge on any atom is -0.299 e. The lowest BCUT2D eigenvalue weighted by atomic mass is 9.83. The first kappa shape index (κ1) is 10.5. The minimum atomic E-state index is 0.114. The Labute approximate surface area is 100 Å². The molecule has 88 valence electrons. The van der Waals surface area contributed by atoms with Crippen LogP contribution in [0.2, 0.25) is 0 Å². The van der Waals surface area contributed by atoms with Crippen LogP contribution in [0.25, 0.3) is 10.9 Å². The Hall–Kier alpha value is -1.64. The summed E-state index contributed by atoms with van der Waals surface area (Å²) >= 11 is 0. The summed E-state index contributed by atoms with van der Waals surface area (Å²) in [5, 5.41) is 5.37. The van der Waals surface area contributed by atoms with Crippen molar-refractivity contribution in [1.82, 2.24) is 9.78 Å². The van der Waals surface area contributed by atoms with Gasteiger partial charge in [-0.2, -0.15) is 5.10 Å². The van der Waals surface area contributed by atoms with Crippen LogP contribution in [0.5, 0.6) is 0 Å². The topological polar surface area (TPSA) is 34.9 Å². The molecule has 1 saturated carbocycles. The number of aromatic nitrogens is 2. The van der Waals surface area contributed by atoms with Crippen molar-refractivity contribution in [2.24, 2.45) is 7.05 Å². The quantitative estimate of drug-likeness (QED) is 0.752. The van der Waals surface area contributed by atoms with E-state index in [1.165, 1.54) is 6.42 Å². The van der Waals surface area contributed by atoms with E-state index >= 15 is 0 Å². The van der Waals surface area contributed by atoms with Crippen LogP contribution in [-0.4, -0.2) is 15.6 Å². The largest absolute Gasteiger partial charge is 0.299 e. The molecule has 0 saturated heterocycles. The molecule has 1 atom stereocenters. The number of ketones is 1. The first-order valence-electron chi connectivity index (χ1n) is 6.20. The van der Waals surface area contributed by atoms with E-state index in [0.717, 1.165) is 35.7 Å². The van der Waals surface area contributed by atoms with Gasteiger partial charge in [-0.25, -0.2) is 0 Å². The van der Waals surface area contributed by atoms with Gasteiger partial charge in [-0.1, -0.05) is 18.6 Å². The van der Waals surface area contributed by atoms with Gasteiger partial charge in [0.1, 0.15) is 5.78 Å². The molecule has 3 nitrogen and oxygen atoms in total. The Morgan fingerprint density at radius 1 is 1.35 bits per heavy atom. The van der Waals surface area contributed by atoms with Crippen molar-refractivity contribution in [1.29, 1.82) is 0 Å². The normalized spacial score (nSPS) is 21.0. The van der Waals surface area contributed by atoms with Crippen molar-refractivity contribution in [3.8, 4) is 0 Å². The van der Waals surface area contributed by atoms with E-state index in [-0.39, 0.29) is 5.92 Å². The molecule has 0 aliphatic heterocycles. The standard InChI is InChI=1S/C14H16N2O/c1-16-13-8-10(6-7-11(13)9-15-16)12-4-2-3-5-14(12)17/h6-9,12H,2-5H2,1H3. The molecular formula is C14H16N2O. The van der Waals surface area contributed by atoms with E-state index in [0.29, 0.717) is 5.78 Å². The highest BCUT2D eigenvalue weighted by molar-refractivity contribution is 5.88. The Kier molecular flexibility index (Phi) is 2.46. The molecule has 0 spiro atoms. The van der Waals surface area contributed by atoms with Crippen LogP contribution in [0, 0.1) is 0 Å². The van der Waals surface area contributed by atoms with E-state index in [2.05, 4.69) is 23.3 Å². The van der Waals surface area contributed by atoms with E-state index < -0.39 is 0 Å². The number of carbonyl (C=O) groups is 1. The molecule has 0 amide bonds. The van der Waals surface area contributed by atoms with E-state index in [1.54, 1.807) is 0 Å². The smallest absolute Gasteiger partial charge is 0.140 e. The molecule has 1 aromatic heterocycles. The van der Waals surface area contributed by atoms with Crippen LogP contribution >= 0.6 is 0 Å². The van der Waals surface area contributed by atoms with E-state index in [1.807, 2.05) is 17.9 Å². The van der Waals surface area contributed by atoms with Gasteiger partial charge >= 0.3 is 0 Å². The number of nitrogens with zero attached hydrogens (tertiary/aromatic N) is 2. The second-order valence-electron chi connectivity index (χ2n) is 4.85. The van der Waals surface area contributed by atoms with Crippen molar-refractivity contribution >= 4 is 16.7 Å². The van der Waals surface area contributed by atoms with Crippen molar-refractivity contribution in [3.05, 3.63) is 30.0 Å². The Morgan fingerprint density at radius 2 is 2.24 bits per heavy atom. The van der Waals surface area contributed by atoms with Gasteiger partial charge in [0.05, 0.1) is 11.7 Å². The molecular weight excluding hydrogens is 212 g/mol. The second-order valence-corrected chi connectivity index (χ2v) is 4.85. The number of hydrogen-bond donors (Lipinski definition) is 0. The van der Waals surface area contributed by atoms with Crippen molar-refractivity contribution in [3.63, 3.8) is 0 Å². The number of rotatable bonds is 1. The molecule has 1 aliphatic carbocycles. The van der Waals surface area contributed by atoms with Gasteiger partial charge in [0, 0.05) is 24.8 Å². The fourth-order valence-electron chi connectivity index (χ4n) is 2.71. The fraction of sp³-hybridized carbons (Fsp3) is 0.429. The van der Waals surface area contributed by atoms with Crippen LogP contribution < -0.4 is 0 Å². The molecule has 1 fully saturated rings. The monoisotopic (exact) mass is 228 g/mol. The molecule has 0 N–H and O–H groups in total. The van der Waals surface area contributed by atoms with Crippen LogP contribution in [0.3, 0.4) is 0 Å². The fourth-order valence-corrected chi connectivity index (χ4v) is 2.71. The molecule has 1 aliphatic rings. The van der Waals surface area contributed by atoms with Gasteiger partial charge < -0.3 is 0 Å². The molecule has 2 aromatic rings. The third kappa shape index (κ3) is 1.75. The zero-order valence-electron chi connectivity index (χ0n) is 10.0. The van der Waals surface area contributed by atoms with Gasteiger partial charge in [0.15, 0.2) is 0 Å². The molecule has 17 heavy (non-hydrogen) atoms. The first-order valence-corrected chi connectivity index (χ1v) is 6.20. The summed E-state index contributed by atoms with van der Waals surface area (Å²) in [6.45, 7) is 0. The van der Waals surface area contributed by atoms with Gasteiger partial charge in [-0.15, -0.1) is 0 Å². The number of Topliss-reactive ketones (excluding diaryl/α,β-unsaturated/α-hetero) is 1. The maximum atomic E-state index is 11.9. The van der Waals surface area contributed by atoms with Gasteiger partial charge in [0.25, 0.3) is 0 Å². The Morgan fingerprint density at radius 3 is 3.06 bits per heavy atom. The summed E-state index contributed by atoms with van der Waals surface area (Å²) < 4.78 is 1.87. The number of hydrogen-bond acceptors (Lipinski definition) is 2. The predicted molar refractivity (Wildman–Crippen MR) is 66.9 cm³/mol. The number of aryl methyl sites for hydroxylation is 1. The zero-order valence-corrected chi connectivity index (χ0v) is 10.0. The third-order valence-electron chi connectivity index (χ3n) is 3.73. The number of fused-ring (bicyclic) bond motifs is 1. The predicted octanol–water partition coefficient (Wildman–Crippen LogP) is 2.80. The Bertz CT molecular complexity index is 571. The van der Waals surface area contributed by atoms with Gasteiger partial charge in [0.2, 0.25) is 0 Å². The van der Waals surface area contributed by atoms with Crippen molar-refractivity contribution in [2.75, 3.05) is 0 Å². The summed E-state index contributed by atoms with van der Waals surface area (Å²) in [5.74, 6) is 0.515. The maximum absolute atomic E-state index is 11.9. The zero-order chi connectivity index (χ0) is 11.8. The molecule has 1 unspecified atom stereocenters. The second kappa shape index (κ2) is 3.99. The summed E-state index contributed by atoms with van der Waals surface area (Å²) in [4.78, 5) is 11.9. The Balaban J connectivity index is 2.04. The summed E-state index contributed by atoms with van der Waals surface area (Å²) in [6, 6.07) is 6.27. The lowest BCUT2D eigenvalue weighted by molar-refractivity contribution is -0.121. The molecule has 1 heterocycles. The first-order chi connectivity index (χ1) is 8.25. The molecule has 0 bridgehead atoms. The van der Waals surface area contributed by atoms with E-state index in [4.69, 9.17) is 0 Å². The lowest BCUT2D eigenvalue weighted by Gasteiger charge is -2.20. The summed E-state index contributed by atoms with van der Waals surface area (Å²) in [7, 11) is 1.94.